The minimum atomic E-state index is 0.376. The summed E-state index contributed by atoms with van der Waals surface area (Å²) >= 11 is 0. The van der Waals surface area contributed by atoms with Crippen LogP contribution in [0, 0.1) is 6.92 Å². The molecule has 100 valence electrons. The molecule has 1 aliphatic carbocycles. The van der Waals surface area contributed by atoms with Crippen molar-refractivity contribution in [3.05, 3.63) is 35.4 Å². The van der Waals surface area contributed by atoms with Crippen LogP contribution in [0.2, 0.25) is 0 Å². The molecule has 2 N–H and O–H groups in total. The predicted octanol–water partition coefficient (Wildman–Crippen LogP) is 2.74. The van der Waals surface area contributed by atoms with Gasteiger partial charge in [-0.3, -0.25) is 0 Å². The summed E-state index contributed by atoms with van der Waals surface area (Å²) < 4.78 is 0. The number of rotatable bonds is 4. The monoisotopic (exact) mass is 246 g/mol. The Labute approximate surface area is 111 Å². The van der Waals surface area contributed by atoms with Crippen LogP contribution >= 0.6 is 0 Å². The second kappa shape index (κ2) is 6.35. The number of nitrogens with zero attached hydrogens (tertiary/aromatic N) is 1. The third-order valence-electron chi connectivity index (χ3n) is 4.18. The third-order valence-corrected chi connectivity index (χ3v) is 4.18. The van der Waals surface area contributed by atoms with Gasteiger partial charge in [-0.25, -0.2) is 0 Å². The number of nitrogens with two attached hydrogens (primary N) is 1. The average Bonchev–Trinajstić information content (AvgIpc) is 2.37. The van der Waals surface area contributed by atoms with Crippen LogP contribution in [0.5, 0.6) is 0 Å². The van der Waals surface area contributed by atoms with Gasteiger partial charge in [-0.15, -0.1) is 0 Å². The maximum Gasteiger partial charge on any atom is 0.0244 e. The first-order valence-electron chi connectivity index (χ1n) is 7.18. The summed E-state index contributed by atoms with van der Waals surface area (Å²) in [7, 11) is 2.23. The fourth-order valence-corrected chi connectivity index (χ4v) is 3.03. The van der Waals surface area contributed by atoms with Gasteiger partial charge >= 0.3 is 0 Å². The van der Waals surface area contributed by atoms with Gasteiger partial charge in [-0.2, -0.15) is 0 Å². The zero-order valence-corrected chi connectivity index (χ0v) is 11.7. The first-order chi connectivity index (χ1) is 8.66. The van der Waals surface area contributed by atoms with Crippen LogP contribution in [0.15, 0.2) is 24.3 Å². The van der Waals surface area contributed by atoms with E-state index in [0.717, 1.165) is 13.0 Å². The molecular weight excluding hydrogens is 220 g/mol. The lowest BCUT2D eigenvalue weighted by Gasteiger charge is -2.36. The summed E-state index contributed by atoms with van der Waals surface area (Å²) in [4.78, 5) is 2.46. The molecule has 1 aromatic carbocycles. The zero-order chi connectivity index (χ0) is 13.0. The molecule has 2 nitrogen and oxygen atoms in total. The first kappa shape index (κ1) is 13.6. The molecule has 2 rings (SSSR count). The van der Waals surface area contributed by atoms with E-state index in [1.165, 1.54) is 36.8 Å². The van der Waals surface area contributed by atoms with Gasteiger partial charge in [0.2, 0.25) is 0 Å². The second-order valence-corrected chi connectivity index (χ2v) is 5.74. The molecule has 0 radical (unpaired) electrons. The Hall–Kier alpha value is -0.860. The zero-order valence-electron chi connectivity index (χ0n) is 11.7. The topological polar surface area (TPSA) is 29.3 Å². The minimum Gasteiger partial charge on any atom is -0.326 e. The van der Waals surface area contributed by atoms with E-state index in [1.807, 2.05) is 0 Å². The molecule has 0 aromatic heterocycles. The van der Waals surface area contributed by atoms with E-state index in [1.54, 1.807) is 0 Å². The smallest absolute Gasteiger partial charge is 0.0244 e. The standard InChI is InChI=1S/C16H26N2/c1-13-6-5-7-14(12-13)10-11-18(2)16-9-4-3-8-15(16)17/h5-7,12,15-16H,3-4,8-11,17H2,1-2H3. The maximum atomic E-state index is 6.23. The number of aryl methyl sites for hydroxylation is 1. The molecule has 0 heterocycles. The Kier molecular flexibility index (Phi) is 4.79. The van der Waals surface area contributed by atoms with Crippen molar-refractivity contribution in [2.75, 3.05) is 13.6 Å². The lowest BCUT2D eigenvalue weighted by Crippen LogP contribution is -2.48. The molecule has 0 spiro atoms. The lowest BCUT2D eigenvalue weighted by molar-refractivity contribution is 0.171. The van der Waals surface area contributed by atoms with E-state index >= 15 is 0 Å². The fourth-order valence-electron chi connectivity index (χ4n) is 3.03. The molecule has 18 heavy (non-hydrogen) atoms. The van der Waals surface area contributed by atoms with Gasteiger partial charge in [0.15, 0.2) is 0 Å². The van der Waals surface area contributed by atoms with Crippen LogP contribution in [0.3, 0.4) is 0 Å². The Balaban J connectivity index is 1.85. The molecule has 1 fully saturated rings. The van der Waals surface area contributed by atoms with Crippen molar-refractivity contribution in [2.45, 2.75) is 51.1 Å². The van der Waals surface area contributed by atoms with Gasteiger partial charge < -0.3 is 10.6 Å². The van der Waals surface area contributed by atoms with Crippen LogP contribution in [-0.2, 0) is 6.42 Å². The van der Waals surface area contributed by atoms with Crippen molar-refractivity contribution in [3.63, 3.8) is 0 Å². The summed E-state index contributed by atoms with van der Waals surface area (Å²) in [5.74, 6) is 0. The molecular formula is C16H26N2. The van der Waals surface area contributed by atoms with Crippen LogP contribution < -0.4 is 5.73 Å². The Morgan fingerprint density at radius 2 is 2.06 bits per heavy atom. The molecule has 1 aliphatic rings. The summed E-state index contributed by atoms with van der Waals surface area (Å²) in [6.45, 7) is 3.27. The lowest BCUT2D eigenvalue weighted by atomic mass is 9.90. The van der Waals surface area contributed by atoms with Gasteiger partial charge in [-0.1, -0.05) is 42.7 Å². The molecule has 0 bridgehead atoms. The molecule has 1 aromatic rings. The van der Waals surface area contributed by atoms with E-state index in [-0.39, 0.29) is 0 Å². The van der Waals surface area contributed by atoms with Gasteiger partial charge in [0.25, 0.3) is 0 Å². The molecule has 1 saturated carbocycles. The Morgan fingerprint density at radius 3 is 2.78 bits per heavy atom. The van der Waals surface area contributed by atoms with E-state index < -0.39 is 0 Å². The number of hydrogen-bond donors (Lipinski definition) is 1. The second-order valence-electron chi connectivity index (χ2n) is 5.74. The van der Waals surface area contributed by atoms with Gasteiger partial charge in [0.05, 0.1) is 0 Å². The third kappa shape index (κ3) is 3.56. The Bertz CT molecular complexity index is 375. The van der Waals surface area contributed by atoms with Crippen LogP contribution in [0.1, 0.15) is 36.8 Å². The highest BCUT2D eigenvalue weighted by Crippen LogP contribution is 2.21. The van der Waals surface area contributed by atoms with Gasteiger partial charge in [0, 0.05) is 18.6 Å². The Morgan fingerprint density at radius 1 is 1.28 bits per heavy atom. The minimum absolute atomic E-state index is 0.376. The van der Waals surface area contributed by atoms with Crippen molar-refractivity contribution in [3.8, 4) is 0 Å². The first-order valence-corrected chi connectivity index (χ1v) is 7.18. The molecule has 0 amide bonds. The van der Waals surface area contributed by atoms with E-state index in [0.29, 0.717) is 12.1 Å². The number of hydrogen-bond acceptors (Lipinski definition) is 2. The van der Waals surface area contributed by atoms with Crippen molar-refractivity contribution in [2.24, 2.45) is 5.73 Å². The summed E-state index contributed by atoms with van der Waals surface area (Å²) in [5.41, 5.74) is 9.02. The normalized spacial score (nSPS) is 24.4. The number of benzene rings is 1. The van der Waals surface area contributed by atoms with E-state index in [2.05, 4.69) is 43.1 Å². The largest absolute Gasteiger partial charge is 0.326 e. The van der Waals surface area contributed by atoms with Crippen molar-refractivity contribution in [1.29, 1.82) is 0 Å². The SMILES string of the molecule is Cc1cccc(CCN(C)C2CCCCC2N)c1. The highest BCUT2D eigenvalue weighted by atomic mass is 15.1. The van der Waals surface area contributed by atoms with E-state index in [4.69, 9.17) is 5.73 Å². The van der Waals surface area contributed by atoms with E-state index in [9.17, 15) is 0 Å². The van der Waals surface area contributed by atoms with Crippen LogP contribution in [-0.4, -0.2) is 30.6 Å². The highest BCUT2D eigenvalue weighted by Gasteiger charge is 2.24. The molecule has 2 heteroatoms. The predicted molar refractivity (Wildman–Crippen MR) is 77.7 cm³/mol. The summed E-state index contributed by atoms with van der Waals surface area (Å²) in [6.07, 6.45) is 6.24. The molecule has 2 atom stereocenters. The number of likely N-dealkylation sites (N-methyl/N-ethyl adjacent to an activating group) is 1. The van der Waals surface area contributed by atoms with Crippen molar-refractivity contribution >= 4 is 0 Å². The van der Waals surface area contributed by atoms with Gasteiger partial charge in [0.1, 0.15) is 0 Å². The summed E-state index contributed by atoms with van der Waals surface area (Å²) in [5, 5.41) is 0. The summed E-state index contributed by atoms with van der Waals surface area (Å²) in [6, 6.07) is 9.78. The van der Waals surface area contributed by atoms with Crippen LogP contribution in [0.25, 0.3) is 0 Å². The van der Waals surface area contributed by atoms with Crippen molar-refractivity contribution < 1.29 is 0 Å². The highest BCUT2D eigenvalue weighted by molar-refractivity contribution is 5.22. The molecule has 2 unspecified atom stereocenters. The van der Waals surface area contributed by atoms with Crippen molar-refractivity contribution in [1.82, 2.24) is 4.90 Å². The maximum absolute atomic E-state index is 6.23. The van der Waals surface area contributed by atoms with Gasteiger partial charge in [-0.05, 0) is 38.8 Å². The quantitative estimate of drug-likeness (QED) is 0.885. The van der Waals surface area contributed by atoms with Crippen LogP contribution in [0.4, 0.5) is 0 Å². The molecule has 0 aliphatic heterocycles. The fraction of sp³-hybridized carbons (Fsp3) is 0.625. The average molecular weight is 246 g/mol. The molecule has 0 saturated heterocycles.